The highest BCUT2D eigenvalue weighted by Crippen LogP contribution is 2.28. The molecule has 0 amide bonds. The molecule has 0 bridgehead atoms. The highest BCUT2D eigenvalue weighted by atomic mass is 16.6. The number of ether oxygens (including phenoxy) is 2. The Morgan fingerprint density at radius 2 is 1.83 bits per heavy atom. The average Bonchev–Trinajstić information content (AvgIpc) is 3.02. The first-order valence-electron chi connectivity index (χ1n) is 8.49. The summed E-state index contributed by atoms with van der Waals surface area (Å²) in [5, 5.41) is 4.31. The van der Waals surface area contributed by atoms with Gasteiger partial charge in [0.15, 0.2) is 0 Å². The molecule has 1 heterocycles. The monoisotopic (exact) mass is 328 g/mol. The highest BCUT2D eigenvalue weighted by Gasteiger charge is 2.34. The van der Waals surface area contributed by atoms with Crippen LogP contribution < -0.4 is 0 Å². The molecule has 0 aliphatic heterocycles. The van der Waals surface area contributed by atoms with Gasteiger partial charge in [-0.1, -0.05) is 30.3 Å². The summed E-state index contributed by atoms with van der Waals surface area (Å²) in [6.07, 6.45) is 3.53. The number of benzene rings is 1. The predicted molar refractivity (Wildman–Crippen MR) is 90.9 cm³/mol. The maximum atomic E-state index is 12.5. The lowest BCUT2D eigenvalue weighted by Crippen LogP contribution is -2.40. The van der Waals surface area contributed by atoms with Gasteiger partial charge < -0.3 is 9.47 Å². The van der Waals surface area contributed by atoms with Gasteiger partial charge in [-0.15, -0.1) is 0 Å². The quantitative estimate of drug-likeness (QED) is 0.760. The van der Waals surface area contributed by atoms with Crippen LogP contribution in [-0.4, -0.2) is 34.1 Å². The molecule has 0 spiro atoms. The molecule has 1 aliphatic carbocycles. The molecule has 3 rings (SSSR count). The van der Waals surface area contributed by atoms with Gasteiger partial charge in [-0.25, -0.2) is 4.79 Å². The number of nitrogens with zero attached hydrogens (tertiary/aromatic N) is 2. The fraction of sp³-hybridized carbons (Fsp3) is 0.474. The molecule has 5 heteroatoms. The zero-order valence-corrected chi connectivity index (χ0v) is 14.4. The van der Waals surface area contributed by atoms with Crippen LogP contribution in [-0.2, 0) is 9.47 Å². The minimum absolute atomic E-state index is 0.0258. The van der Waals surface area contributed by atoms with E-state index in [9.17, 15) is 4.79 Å². The highest BCUT2D eigenvalue weighted by molar-refractivity contribution is 5.87. The topological polar surface area (TPSA) is 53.4 Å². The van der Waals surface area contributed by atoms with Crippen molar-refractivity contribution >= 4 is 5.97 Å². The van der Waals surface area contributed by atoms with Crippen molar-refractivity contribution in [3.63, 3.8) is 0 Å². The van der Waals surface area contributed by atoms with Crippen LogP contribution in [0.1, 0.15) is 55.7 Å². The number of esters is 1. The number of hydrogen-bond donors (Lipinski definition) is 0. The van der Waals surface area contributed by atoms with Crippen LogP contribution in [0.4, 0.5) is 0 Å². The Hall–Kier alpha value is -2.14. The van der Waals surface area contributed by atoms with Crippen molar-refractivity contribution < 1.29 is 14.3 Å². The first kappa shape index (κ1) is 16.7. The fourth-order valence-corrected chi connectivity index (χ4v) is 2.98. The molecule has 1 saturated carbocycles. The van der Waals surface area contributed by atoms with Crippen LogP contribution in [0.3, 0.4) is 0 Å². The predicted octanol–water partition coefficient (Wildman–Crippen LogP) is 3.61. The van der Waals surface area contributed by atoms with Gasteiger partial charge in [-0.3, -0.25) is 4.68 Å². The second kappa shape index (κ2) is 7.18. The third-order valence-electron chi connectivity index (χ3n) is 4.32. The first-order chi connectivity index (χ1) is 11.5. The third-order valence-corrected chi connectivity index (χ3v) is 4.32. The van der Waals surface area contributed by atoms with Crippen molar-refractivity contribution in [2.24, 2.45) is 0 Å². The van der Waals surface area contributed by atoms with Crippen LogP contribution >= 0.6 is 0 Å². The molecule has 5 nitrogen and oxygen atoms in total. The summed E-state index contributed by atoms with van der Waals surface area (Å²) in [4.78, 5) is 12.5. The zero-order valence-electron chi connectivity index (χ0n) is 14.4. The molecule has 24 heavy (non-hydrogen) atoms. The summed E-state index contributed by atoms with van der Waals surface area (Å²) in [6.45, 7) is 6.06. The minimum atomic E-state index is -0.316. The standard InChI is InChI=1S/C19H24N2O3/c1-13(2)23-16-11-17(12-16)24-19(22)18-9-10-20-21(18)14(3)15-7-5-4-6-8-15/h4-10,13-14,16-17H,11-12H2,1-3H3/t14-,16-,17+/m1/s1. The lowest BCUT2D eigenvalue weighted by Gasteiger charge is -2.35. The molecule has 1 fully saturated rings. The Morgan fingerprint density at radius 1 is 1.12 bits per heavy atom. The third kappa shape index (κ3) is 3.67. The maximum Gasteiger partial charge on any atom is 0.356 e. The van der Waals surface area contributed by atoms with Gasteiger partial charge in [-0.2, -0.15) is 5.10 Å². The van der Waals surface area contributed by atoms with Gasteiger partial charge in [0.1, 0.15) is 11.8 Å². The smallest absolute Gasteiger partial charge is 0.356 e. The molecule has 2 aromatic rings. The van der Waals surface area contributed by atoms with Gasteiger partial charge in [0, 0.05) is 19.0 Å². The van der Waals surface area contributed by atoms with Gasteiger partial charge in [0.05, 0.1) is 18.2 Å². The molecule has 0 N–H and O–H groups in total. The van der Waals surface area contributed by atoms with E-state index in [0.717, 1.165) is 18.4 Å². The second-order valence-electron chi connectivity index (χ2n) is 6.55. The molecular formula is C19H24N2O3. The van der Waals surface area contributed by atoms with E-state index in [0.29, 0.717) is 5.69 Å². The molecular weight excluding hydrogens is 304 g/mol. The molecule has 0 radical (unpaired) electrons. The van der Waals surface area contributed by atoms with Gasteiger partial charge >= 0.3 is 5.97 Å². The van der Waals surface area contributed by atoms with Gasteiger partial charge in [0.25, 0.3) is 0 Å². The van der Waals surface area contributed by atoms with Crippen LogP contribution in [0.15, 0.2) is 42.6 Å². The summed E-state index contributed by atoms with van der Waals surface area (Å²) in [5.74, 6) is -0.316. The molecule has 1 aromatic carbocycles. The average molecular weight is 328 g/mol. The molecule has 0 saturated heterocycles. The van der Waals surface area contributed by atoms with Crippen LogP contribution in [0.2, 0.25) is 0 Å². The van der Waals surface area contributed by atoms with Gasteiger partial charge in [-0.05, 0) is 32.4 Å². The number of carbonyl (C=O) groups excluding carboxylic acids is 1. The van der Waals surface area contributed by atoms with Gasteiger partial charge in [0.2, 0.25) is 0 Å². The molecule has 1 aliphatic rings. The van der Waals surface area contributed by atoms with Crippen molar-refractivity contribution in [2.75, 3.05) is 0 Å². The molecule has 1 aromatic heterocycles. The number of aromatic nitrogens is 2. The Balaban J connectivity index is 1.62. The first-order valence-corrected chi connectivity index (χ1v) is 8.49. The molecule has 128 valence electrons. The SMILES string of the molecule is CC(C)O[C@H]1C[C@@H](OC(=O)c2ccnn2[C@H](C)c2ccccc2)C1. The van der Waals surface area contributed by atoms with E-state index in [1.54, 1.807) is 16.9 Å². The fourth-order valence-electron chi connectivity index (χ4n) is 2.98. The largest absolute Gasteiger partial charge is 0.457 e. The normalized spacial score (nSPS) is 21.3. The zero-order chi connectivity index (χ0) is 17.1. The van der Waals surface area contributed by atoms with Crippen LogP contribution in [0.25, 0.3) is 0 Å². The second-order valence-corrected chi connectivity index (χ2v) is 6.55. The Kier molecular flexibility index (Phi) is 5.00. The maximum absolute atomic E-state index is 12.5. The summed E-state index contributed by atoms with van der Waals surface area (Å²) in [7, 11) is 0. The summed E-state index contributed by atoms with van der Waals surface area (Å²) in [6, 6.07) is 11.7. The number of hydrogen-bond acceptors (Lipinski definition) is 4. The summed E-state index contributed by atoms with van der Waals surface area (Å²) >= 11 is 0. The van der Waals surface area contributed by atoms with Crippen molar-refractivity contribution in [1.82, 2.24) is 9.78 Å². The van der Waals surface area contributed by atoms with Crippen LogP contribution in [0.5, 0.6) is 0 Å². The van der Waals surface area contributed by atoms with E-state index < -0.39 is 0 Å². The van der Waals surface area contributed by atoms with Crippen molar-refractivity contribution in [2.45, 2.75) is 58.0 Å². The number of rotatable bonds is 6. The molecule has 1 atom stereocenters. The van der Waals surface area contributed by atoms with E-state index in [2.05, 4.69) is 5.10 Å². The Bertz CT molecular complexity index is 675. The van der Waals surface area contributed by atoms with E-state index in [1.807, 2.05) is 51.1 Å². The van der Waals surface area contributed by atoms with E-state index in [1.165, 1.54) is 0 Å². The van der Waals surface area contributed by atoms with E-state index in [-0.39, 0.29) is 30.3 Å². The minimum Gasteiger partial charge on any atom is -0.457 e. The Morgan fingerprint density at radius 3 is 2.50 bits per heavy atom. The number of carbonyl (C=O) groups is 1. The Labute approximate surface area is 142 Å². The van der Waals surface area contributed by atoms with Crippen molar-refractivity contribution in [3.05, 3.63) is 53.9 Å². The van der Waals surface area contributed by atoms with E-state index in [4.69, 9.17) is 9.47 Å². The van der Waals surface area contributed by atoms with E-state index >= 15 is 0 Å². The van der Waals surface area contributed by atoms with Crippen molar-refractivity contribution in [3.8, 4) is 0 Å². The van der Waals surface area contributed by atoms with Crippen molar-refractivity contribution in [1.29, 1.82) is 0 Å². The molecule has 0 unspecified atom stereocenters. The summed E-state index contributed by atoms with van der Waals surface area (Å²) < 4.78 is 13.0. The lowest BCUT2D eigenvalue weighted by molar-refractivity contribution is -0.0995. The summed E-state index contributed by atoms with van der Waals surface area (Å²) in [5.41, 5.74) is 1.59. The van der Waals surface area contributed by atoms with Crippen LogP contribution in [0, 0.1) is 0 Å². The lowest BCUT2D eigenvalue weighted by atomic mass is 9.92.